The van der Waals surface area contributed by atoms with Gasteiger partial charge in [0.15, 0.2) is 0 Å². The highest BCUT2D eigenvalue weighted by molar-refractivity contribution is 5.77. The van der Waals surface area contributed by atoms with Crippen molar-refractivity contribution in [1.82, 2.24) is 9.78 Å². The average Bonchev–Trinajstić information content (AvgIpc) is 3.07. The first kappa shape index (κ1) is 14.1. The molecule has 1 aromatic carbocycles. The average molecular weight is 287 g/mol. The summed E-state index contributed by atoms with van der Waals surface area (Å²) in [5.41, 5.74) is 9.42. The normalized spacial score (nSPS) is 17.3. The number of rotatable bonds is 3. The van der Waals surface area contributed by atoms with Gasteiger partial charge in [-0.3, -0.25) is 4.68 Å². The molecular formula is C17H22FN3. The molecule has 3 rings (SSSR count). The van der Waals surface area contributed by atoms with Gasteiger partial charge in [-0.1, -0.05) is 31.9 Å². The Balaban J connectivity index is 2.18. The van der Waals surface area contributed by atoms with E-state index in [4.69, 9.17) is 10.8 Å². The molecule has 112 valence electrons. The number of aryl methyl sites for hydroxylation is 1. The lowest BCUT2D eigenvalue weighted by Crippen LogP contribution is -2.22. The Bertz CT molecular complexity index is 637. The van der Waals surface area contributed by atoms with Gasteiger partial charge in [0, 0.05) is 18.0 Å². The molecule has 0 aliphatic heterocycles. The Labute approximate surface area is 125 Å². The molecule has 1 fully saturated rings. The first-order valence-corrected chi connectivity index (χ1v) is 7.66. The molecule has 3 nitrogen and oxygen atoms in total. The van der Waals surface area contributed by atoms with Crippen molar-refractivity contribution in [3.63, 3.8) is 0 Å². The number of hydrogen-bond donors (Lipinski definition) is 1. The Morgan fingerprint density at radius 3 is 2.43 bits per heavy atom. The van der Waals surface area contributed by atoms with Crippen LogP contribution in [0.15, 0.2) is 24.3 Å². The first-order chi connectivity index (χ1) is 10.1. The lowest BCUT2D eigenvalue weighted by molar-refractivity contribution is 0.408. The molecule has 21 heavy (non-hydrogen) atoms. The van der Waals surface area contributed by atoms with Gasteiger partial charge >= 0.3 is 0 Å². The number of benzene rings is 1. The highest BCUT2D eigenvalue weighted by Gasteiger charge is 2.39. The molecule has 0 saturated heterocycles. The van der Waals surface area contributed by atoms with Crippen LogP contribution >= 0.6 is 0 Å². The maximum atomic E-state index is 13.2. The summed E-state index contributed by atoms with van der Waals surface area (Å²) >= 11 is 0. The summed E-state index contributed by atoms with van der Waals surface area (Å²) in [4.78, 5) is 0. The molecule has 0 spiro atoms. The predicted molar refractivity (Wildman–Crippen MR) is 83.5 cm³/mol. The summed E-state index contributed by atoms with van der Waals surface area (Å²) in [5, 5.41) is 4.73. The van der Waals surface area contributed by atoms with Gasteiger partial charge in [0.2, 0.25) is 0 Å². The molecule has 2 N–H and O–H groups in total. The van der Waals surface area contributed by atoms with E-state index in [0.29, 0.717) is 5.82 Å². The Kier molecular flexibility index (Phi) is 3.47. The van der Waals surface area contributed by atoms with E-state index in [0.717, 1.165) is 36.1 Å². The van der Waals surface area contributed by atoms with Gasteiger partial charge in [0.25, 0.3) is 0 Å². The minimum Gasteiger partial charge on any atom is -0.383 e. The second-order valence-corrected chi connectivity index (χ2v) is 6.08. The van der Waals surface area contributed by atoms with Crippen LogP contribution in [0.4, 0.5) is 10.2 Å². The molecular weight excluding hydrogens is 265 g/mol. The highest BCUT2D eigenvalue weighted by atomic mass is 19.1. The van der Waals surface area contributed by atoms with Crippen LogP contribution < -0.4 is 5.73 Å². The topological polar surface area (TPSA) is 43.8 Å². The molecule has 4 heteroatoms. The van der Waals surface area contributed by atoms with Crippen molar-refractivity contribution in [3.05, 3.63) is 35.8 Å². The third kappa shape index (κ3) is 2.23. The molecule has 1 aliphatic carbocycles. The van der Waals surface area contributed by atoms with Crippen molar-refractivity contribution in [2.24, 2.45) is 7.05 Å². The minimum absolute atomic E-state index is 0.124. The molecule has 1 aliphatic rings. The zero-order chi connectivity index (χ0) is 15.0. The van der Waals surface area contributed by atoms with Gasteiger partial charge in [0.1, 0.15) is 11.6 Å². The highest BCUT2D eigenvalue weighted by Crippen LogP contribution is 2.47. The number of aromatic nitrogens is 2. The quantitative estimate of drug-likeness (QED) is 0.926. The van der Waals surface area contributed by atoms with Gasteiger partial charge in [-0.25, -0.2) is 4.39 Å². The van der Waals surface area contributed by atoms with Crippen LogP contribution in [0.2, 0.25) is 0 Å². The summed E-state index contributed by atoms with van der Waals surface area (Å²) < 4.78 is 15.0. The smallest absolute Gasteiger partial charge is 0.129 e. The van der Waals surface area contributed by atoms with Crippen LogP contribution in [-0.4, -0.2) is 9.78 Å². The van der Waals surface area contributed by atoms with Crippen LogP contribution in [0.3, 0.4) is 0 Å². The number of nitrogen functional groups attached to an aromatic ring is 1. The summed E-state index contributed by atoms with van der Waals surface area (Å²) in [7, 11) is 1.88. The molecule has 1 saturated carbocycles. The summed E-state index contributed by atoms with van der Waals surface area (Å²) in [5.74, 6) is 0.435. The predicted octanol–water partition coefficient (Wildman–Crippen LogP) is 4.03. The third-order valence-electron chi connectivity index (χ3n) is 4.96. The van der Waals surface area contributed by atoms with Crippen LogP contribution in [0, 0.1) is 5.82 Å². The van der Waals surface area contributed by atoms with E-state index in [-0.39, 0.29) is 11.2 Å². The molecule has 0 unspecified atom stereocenters. The largest absolute Gasteiger partial charge is 0.383 e. The minimum atomic E-state index is -0.228. The van der Waals surface area contributed by atoms with Crippen molar-refractivity contribution in [2.75, 3.05) is 5.73 Å². The number of hydrogen-bond acceptors (Lipinski definition) is 2. The van der Waals surface area contributed by atoms with Crippen molar-refractivity contribution in [3.8, 4) is 11.1 Å². The van der Waals surface area contributed by atoms with Crippen LogP contribution in [0.1, 0.15) is 44.7 Å². The Morgan fingerprint density at radius 2 is 1.86 bits per heavy atom. The van der Waals surface area contributed by atoms with Gasteiger partial charge in [-0.2, -0.15) is 5.10 Å². The Hall–Kier alpha value is -1.84. The summed E-state index contributed by atoms with van der Waals surface area (Å²) in [6.07, 6.45) is 5.88. The molecule has 0 bridgehead atoms. The van der Waals surface area contributed by atoms with E-state index in [2.05, 4.69) is 6.92 Å². The number of nitrogens with zero attached hydrogens (tertiary/aromatic N) is 2. The SMILES string of the molecule is CCC1(c2nn(C)c(N)c2-c2ccc(F)cc2)CCCC1. The van der Waals surface area contributed by atoms with E-state index >= 15 is 0 Å². The van der Waals surface area contributed by atoms with E-state index in [1.54, 1.807) is 16.8 Å². The van der Waals surface area contributed by atoms with E-state index < -0.39 is 0 Å². The number of anilines is 1. The number of nitrogens with two attached hydrogens (primary N) is 1. The van der Waals surface area contributed by atoms with Gasteiger partial charge in [-0.15, -0.1) is 0 Å². The van der Waals surface area contributed by atoms with Crippen LogP contribution in [-0.2, 0) is 12.5 Å². The molecule has 0 atom stereocenters. The number of halogens is 1. The van der Waals surface area contributed by atoms with E-state index in [1.165, 1.54) is 25.0 Å². The standard InChI is InChI=1S/C17H22FN3/c1-3-17(10-4-5-11-17)15-14(16(19)21(2)20-15)12-6-8-13(18)9-7-12/h6-9H,3-5,10-11,19H2,1-2H3. The fourth-order valence-electron chi connectivity index (χ4n) is 3.62. The molecule has 0 radical (unpaired) electrons. The van der Waals surface area contributed by atoms with Gasteiger partial charge in [-0.05, 0) is 37.0 Å². The van der Waals surface area contributed by atoms with Crippen LogP contribution in [0.25, 0.3) is 11.1 Å². The van der Waals surface area contributed by atoms with Gasteiger partial charge < -0.3 is 5.73 Å². The molecule has 1 aromatic heterocycles. The zero-order valence-corrected chi connectivity index (χ0v) is 12.7. The fourth-order valence-corrected chi connectivity index (χ4v) is 3.62. The van der Waals surface area contributed by atoms with Crippen molar-refractivity contribution >= 4 is 5.82 Å². The lowest BCUT2D eigenvalue weighted by atomic mass is 9.77. The fraction of sp³-hybridized carbons (Fsp3) is 0.471. The van der Waals surface area contributed by atoms with Crippen molar-refractivity contribution in [1.29, 1.82) is 0 Å². The monoisotopic (exact) mass is 287 g/mol. The van der Waals surface area contributed by atoms with E-state index in [1.807, 2.05) is 7.05 Å². The van der Waals surface area contributed by atoms with E-state index in [9.17, 15) is 4.39 Å². The third-order valence-corrected chi connectivity index (χ3v) is 4.96. The first-order valence-electron chi connectivity index (χ1n) is 7.66. The lowest BCUT2D eigenvalue weighted by Gasteiger charge is -2.26. The maximum Gasteiger partial charge on any atom is 0.129 e. The zero-order valence-electron chi connectivity index (χ0n) is 12.7. The Morgan fingerprint density at radius 1 is 1.24 bits per heavy atom. The van der Waals surface area contributed by atoms with Gasteiger partial charge in [0.05, 0.1) is 5.69 Å². The van der Waals surface area contributed by atoms with Crippen LogP contribution in [0.5, 0.6) is 0 Å². The molecule has 1 heterocycles. The molecule has 0 amide bonds. The maximum absolute atomic E-state index is 13.2. The molecule has 2 aromatic rings. The van der Waals surface area contributed by atoms with Crippen molar-refractivity contribution in [2.45, 2.75) is 44.4 Å². The van der Waals surface area contributed by atoms with Crippen molar-refractivity contribution < 1.29 is 4.39 Å². The summed E-state index contributed by atoms with van der Waals surface area (Å²) in [6, 6.07) is 6.56. The second-order valence-electron chi connectivity index (χ2n) is 6.08. The summed E-state index contributed by atoms with van der Waals surface area (Å²) in [6.45, 7) is 2.23. The second kappa shape index (κ2) is 5.17.